The first-order valence-corrected chi connectivity index (χ1v) is 8.41. The van der Waals surface area contributed by atoms with E-state index in [-0.39, 0.29) is 0 Å². The molecule has 3 rings (SSSR count). The van der Waals surface area contributed by atoms with Crippen molar-refractivity contribution in [2.24, 2.45) is 0 Å². The average Bonchev–Trinajstić information content (AvgIpc) is 3.07. The summed E-state index contributed by atoms with van der Waals surface area (Å²) in [7, 11) is 0.656. The third-order valence-corrected chi connectivity index (χ3v) is 6.16. The van der Waals surface area contributed by atoms with Gasteiger partial charge in [0, 0.05) is 32.2 Å². The van der Waals surface area contributed by atoms with Gasteiger partial charge >= 0.3 is 0 Å². The number of benzene rings is 1. The normalized spacial score (nSPS) is 23.4. The molecular formula is C14H21N3O2S. The molecule has 1 aromatic carbocycles. The molecule has 0 radical (unpaired) electrons. The van der Waals surface area contributed by atoms with Gasteiger partial charge in [0.1, 0.15) is 0 Å². The molecule has 110 valence electrons. The first kappa shape index (κ1) is 14.0. The summed E-state index contributed by atoms with van der Waals surface area (Å²) in [5, 5.41) is 3.24. The number of fused-ring (bicyclic) bond motifs is 1. The molecule has 2 aliphatic heterocycles. The minimum atomic E-state index is -3.35. The van der Waals surface area contributed by atoms with Gasteiger partial charge in [0.05, 0.1) is 4.90 Å². The summed E-state index contributed by atoms with van der Waals surface area (Å²) in [5.41, 5.74) is 2.31. The van der Waals surface area contributed by atoms with E-state index in [4.69, 9.17) is 0 Å². The Labute approximate surface area is 120 Å². The molecule has 1 atom stereocenters. The van der Waals surface area contributed by atoms with E-state index in [1.165, 1.54) is 5.56 Å². The smallest absolute Gasteiger partial charge is 0.243 e. The second kappa shape index (κ2) is 5.11. The van der Waals surface area contributed by atoms with Crippen LogP contribution < -0.4 is 5.32 Å². The maximum absolute atomic E-state index is 12.7. The predicted octanol–water partition coefficient (Wildman–Crippen LogP) is 0.614. The van der Waals surface area contributed by atoms with E-state index >= 15 is 0 Å². The van der Waals surface area contributed by atoms with E-state index in [1.807, 2.05) is 26.2 Å². The number of nitrogens with zero attached hydrogens (tertiary/aromatic N) is 2. The van der Waals surface area contributed by atoms with Gasteiger partial charge in [0.2, 0.25) is 10.0 Å². The Balaban J connectivity index is 1.86. The van der Waals surface area contributed by atoms with Gasteiger partial charge in [-0.1, -0.05) is 6.07 Å². The van der Waals surface area contributed by atoms with E-state index in [2.05, 4.69) is 10.2 Å². The highest BCUT2D eigenvalue weighted by atomic mass is 32.2. The molecule has 2 heterocycles. The van der Waals surface area contributed by atoms with Gasteiger partial charge in [-0.05, 0) is 43.8 Å². The van der Waals surface area contributed by atoms with Crippen LogP contribution in [-0.4, -0.2) is 50.8 Å². The zero-order chi connectivity index (χ0) is 14.3. The van der Waals surface area contributed by atoms with Crippen LogP contribution >= 0.6 is 0 Å². The lowest BCUT2D eigenvalue weighted by atomic mass is 10.1. The monoisotopic (exact) mass is 295 g/mol. The molecule has 5 nitrogen and oxygen atoms in total. The van der Waals surface area contributed by atoms with Crippen molar-refractivity contribution in [2.45, 2.75) is 30.4 Å². The molecule has 20 heavy (non-hydrogen) atoms. The summed E-state index contributed by atoms with van der Waals surface area (Å²) in [4.78, 5) is 2.53. The Morgan fingerprint density at radius 1 is 1.25 bits per heavy atom. The zero-order valence-corrected chi connectivity index (χ0v) is 12.8. The van der Waals surface area contributed by atoms with Crippen molar-refractivity contribution in [3.63, 3.8) is 0 Å². The van der Waals surface area contributed by atoms with E-state index in [9.17, 15) is 8.42 Å². The van der Waals surface area contributed by atoms with Crippen LogP contribution in [0.1, 0.15) is 17.5 Å². The van der Waals surface area contributed by atoms with Crippen LogP contribution in [0.15, 0.2) is 23.1 Å². The lowest BCUT2D eigenvalue weighted by molar-refractivity contribution is 0.302. The van der Waals surface area contributed by atoms with Crippen LogP contribution in [0.5, 0.6) is 0 Å². The minimum Gasteiger partial charge on any atom is -0.309 e. The minimum absolute atomic E-state index is 0.320. The first-order chi connectivity index (χ1) is 9.48. The van der Waals surface area contributed by atoms with Crippen molar-refractivity contribution in [3.05, 3.63) is 29.3 Å². The number of sulfonamides is 1. The number of nitrogens with one attached hydrogen (secondary N) is 1. The molecular weight excluding hydrogens is 274 g/mol. The summed E-state index contributed by atoms with van der Waals surface area (Å²) in [6, 6.07) is 5.82. The summed E-state index contributed by atoms with van der Waals surface area (Å²) >= 11 is 0. The maximum atomic E-state index is 12.7. The number of hydrogen-bond acceptors (Lipinski definition) is 4. The molecule has 2 aliphatic rings. The Hall–Kier alpha value is -0.950. The molecule has 0 spiro atoms. The summed E-state index contributed by atoms with van der Waals surface area (Å²) in [6.45, 7) is 2.80. The van der Waals surface area contributed by atoms with Crippen LogP contribution in [0.25, 0.3) is 0 Å². The molecule has 0 amide bonds. The van der Waals surface area contributed by atoms with E-state index in [0.29, 0.717) is 24.0 Å². The highest BCUT2D eigenvalue weighted by Gasteiger charge is 2.33. The second-order valence-electron chi connectivity index (χ2n) is 5.80. The summed E-state index contributed by atoms with van der Waals surface area (Å²) in [5.74, 6) is 0. The van der Waals surface area contributed by atoms with Gasteiger partial charge < -0.3 is 10.2 Å². The Kier molecular flexibility index (Phi) is 3.58. The van der Waals surface area contributed by atoms with Gasteiger partial charge in [-0.2, -0.15) is 4.31 Å². The maximum Gasteiger partial charge on any atom is 0.243 e. The lowest BCUT2D eigenvalue weighted by Gasteiger charge is -2.20. The molecule has 6 heteroatoms. The fraction of sp³-hybridized carbons (Fsp3) is 0.571. The topological polar surface area (TPSA) is 52.7 Å². The molecule has 1 aromatic rings. The van der Waals surface area contributed by atoms with Crippen molar-refractivity contribution in [1.82, 2.24) is 14.5 Å². The molecule has 1 fully saturated rings. The molecule has 0 aromatic heterocycles. The molecule has 1 N–H and O–H groups in total. The largest absolute Gasteiger partial charge is 0.309 e. The highest BCUT2D eigenvalue weighted by Crippen LogP contribution is 2.25. The lowest BCUT2D eigenvalue weighted by Crippen LogP contribution is -2.34. The third kappa shape index (κ3) is 2.37. The SMILES string of the molecule is CN(C)C1CCN(S(=O)(=O)c2ccc3c(c2)CNC3)C1. The van der Waals surface area contributed by atoms with Crippen LogP contribution in [0.4, 0.5) is 0 Å². The van der Waals surface area contributed by atoms with Crippen LogP contribution in [-0.2, 0) is 23.1 Å². The number of rotatable bonds is 3. The molecule has 0 aliphatic carbocycles. The molecule has 0 saturated carbocycles. The highest BCUT2D eigenvalue weighted by molar-refractivity contribution is 7.89. The fourth-order valence-corrected chi connectivity index (χ4v) is 4.47. The van der Waals surface area contributed by atoms with Crippen LogP contribution in [0, 0.1) is 0 Å². The standard InChI is InChI=1S/C14H21N3O2S/c1-16(2)13-5-6-17(10-13)20(18,19)14-4-3-11-8-15-9-12(11)7-14/h3-4,7,13,15H,5-6,8-10H2,1-2H3. The number of likely N-dealkylation sites (N-methyl/N-ethyl adjacent to an activating group) is 1. The predicted molar refractivity (Wildman–Crippen MR) is 77.8 cm³/mol. The van der Waals surface area contributed by atoms with Gasteiger partial charge in [-0.25, -0.2) is 8.42 Å². The van der Waals surface area contributed by atoms with E-state index in [1.54, 1.807) is 10.4 Å². The van der Waals surface area contributed by atoms with E-state index < -0.39 is 10.0 Å². The van der Waals surface area contributed by atoms with Gasteiger partial charge in [-0.15, -0.1) is 0 Å². The Morgan fingerprint density at radius 2 is 2.00 bits per heavy atom. The summed E-state index contributed by atoms with van der Waals surface area (Å²) in [6.07, 6.45) is 0.902. The van der Waals surface area contributed by atoms with Crippen molar-refractivity contribution in [3.8, 4) is 0 Å². The van der Waals surface area contributed by atoms with E-state index in [0.717, 1.165) is 25.1 Å². The first-order valence-electron chi connectivity index (χ1n) is 6.97. The quantitative estimate of drug-likeness (QED) is 0.888. The molecule has 0 bridgehead atoms. The van der Waals surface area contributed by atoms with Crippen molar-refractivity contribution in [2.75, 3.05) is 27.2 Å². The molecule has 1 saturated heterocycles. The zero-order valence-electron chi connectivity index (χ0n) is 12.0. The van der Waals surface area contributed by atoms with Crippen LogP contribution in [0.3, 0.4) is 0 Å². The van der Waals surface area contributed by atoms with Crippen molar-refractivity contribution < 1.29 is 8.42 Å². The second-order valence-corrected chi connectivity index (χ2v) is 7.74. The number of hydrogen-bond donors (Lipinski definition) is 1. The molecule has 1 unspecified atom stereocenters. The van der Waals surface area contributed by atoms with Gasteiger partial charge in [0.15, 0.2) is 0 Å². The fourth-order valence-electron chi connectivity index (χ4n) is 2.93. The van der Waals surface area contributed by atoms with Crippen molar-refractivity contribution >= 4 is 10.0 Å². The third-order valence-electron chi connectivity index (χ3n) is 4.30. The van der Waals surface area contributed by atoms with Gasteiger partial charge in [-0.3, -0.25) is 0 Å². The average molecular weight is 295 g/mol. The van der Waals surface area contributed by atoms with Gasteiger partial charge in [0.25, 0.3) is 0 Å². The summed E-state index contributed by atoms with van der Waals surface area (Å²) < 4.78 is 27.0. The Bertz CT molecular complexity index is 613. The Morgan fingerprint density at radius 3 is 2.70 bits per heavy atom. The van der Waals surface area contributed by atoms with Crippen LogP contribution in [0.2, 0.25) is 0 Å². The van der Waals surface area contributed by atoms with Crippen molar-refractivity contribution in [1.29, 1.82) is 0 Å².